The highest BCUT2D eigenvalue weighted by atomic mass is 79.9. The van der Waals surface area contributed by atoms with Crippen molar-refractivity contribution in [3.05, 3.63) is 70.7 Å². The minimum atomic E-state index is -0.0388. The molecule has 3 aromatic rings. The van der Waals surface area contributed by atoms with Crippen LogP contribution in [-0.4, -0.2) is 0 Å². The van der Waals surface area contributed by atoms with Crippen molar-refractivity contribution < 1.29 is 4.74 Å². The van der Waals surface area contributed by atoms with E-state index in [1.807, 2.05) is 49.4 Å². The molecule has 0 amide bonds. The molecule has 0 bridgehead atoms. The fraction of sp³-hybridized carbons (Fsp3) is 0.111. The lowest BCUT2D eigenvalue weighted by atomic mass is 10.1. The summed E-state index contributed by atoms with van der Waals surface area (Å²) in [5, 5.41) is 2.34. The molecule has 0 saturated carbocycles. The van der Waals surface area contributed by atoms with E-state index >= 15 is 0 Å². The molecule has 0 aromatic heterocycles. The second kappa shape index (κ2) is 5.78. The molecular formula is C18H16BrNO. The number of nitrogen functional groups attached to an aromatic ring is 1. The van der Waals surface area contributed by atoms with Crippen LogP contribution in [-0.2, 0) is 0 Å². The highest BCUT2D eigenvalue weighted by Crippen LogP contribution is 2.35. The van der Waals surface area contributed by atoms with Gasteiger partial charge in [0.2, 0.25) is 0 Å². The average Bonchev–Trinajstić information content (AvgIpc) is 2.51. The van der Waals surface area contributed by atoms with Gasteiger partial charge < -0.3 is 10.5 Å². The minimum Gasteiger partial charge on any atom is -0.485 e. The van der Waals surface area contributed by atoms with Crippen LogP contribution in [0.25, 0.3) is 10.8 Å². The van der Waals surface area contributed by atoms with E-state index in [2.05, 4.69) is 34.1 Å². The van der Waals surface area contributed by atoms with Gasteiger partial charge in [-0.1, -0.05) is 42.5 Å². The number of hydrogen-bond acceptors (Lipinski definition) is 2. The lowest BCUT2D eigenvalue weighted by molar-refractivity contribution is 0.226. The molecule has 21 heavy (non-hydrogen) atoms. The Bertz CT molecular complexity index is 768. The molecule has 0 spiro atoms. The van der Waals surface area contributed by atoms with Crippen LogP contribution in [0.1, 0.15) is 18.6 Å². The second-order valence-electron chi connectivity index (χ2n) is 5.03. The lowest BCUT2D eigenvalue weighted by Crippen LogP contribution is -2.03. The fourth-order valence-corrected chi connectivity index (χ4v) is 2.92. The van der Waals surface area contributed by atoms with Gasteiger partial charge in [0.25, 0.3) is 0 Å². The summed E-state index contributed by atoms with van der Waals surface area (Å²) >= 11 is 3.65. The van der Waals surface area contributed by atoms with E-state index in [1.165, 1.54) is 5.39 Å². The molecule has 0 aliphatic carbocycles. The summed E-state index contributed by atoms with van der Waals surface area (Å²) < 4.78 is 7.08. The number of rotatable bonds is 3. The van der Waals surface area contributed by atoms with E-state index in [-0.39, 0.29) is 6.10 Å². The van der Waals surface area contributed by atoms with Crippen molar-refractivity contribution in [1.29, 1.82) is 0 Å². The first kappa shape index (κ1) is 14.0. The average molecular weight is 342 g/mol. The Labute approximate surface area is 132 Å². The van der Waals surface area contributed by atoms with Crippen molar-refractivity contribution in [1.82, 2.24) is 0 Å². The molecule has 3 heteroatoms. The van der Waals surface area contributed by atoms with E-state index < -0.39 is 0 Å². The first-order valence-electron chi connectivity index (χ1n) is 6.84. The van der Waals surface area contributed by atoms with E-state index in [0.717, 1.165) is 26.9 Å². The molecule has 3 rings (SSSR count). The van der Waals surface area contributed by atoms with E-state index in [1.54, 1.807) is 0 Å². The van der Waals surface area contributed by atoms with Gasteiger partial charge in [-0.15, -0.1) is 0 Å². The van der Waals surface area contributed by atoms with Crippen LogP contribution in [0, 0.1) is 0 Å². The Morgan fingerprint density at radius 1 is 0.952 bits per heavy atom. The summed E-state index contributed by atoms with van der Waals surface area (Å²) in [6.45, 7) is 2.03. The van der Waals surface area contributed by atoms with Crippen molar-refractivity contribution in [3.8, 4) is 5.75 Å². The molecule has 2 nitrogen and oxygen atoms in total. The molecule has 0 radical (unpaired) electrons. The topological polar surface area (TPSA) is 35.2 Å². The van der Waals surface area contributed by atoms with E-state index in [9.17, 15) is 0 Å². The summed E-state index contributed by atoms with van der Waals surface area (Å²) in [6, 6.07) is 20.1. The van der Waals surface area contributed by atoms with Crippen molar-refractivity contribution in [2.75, 3.05) is 5.73 Å². The van der Waals surface area contributed by atoms with Crippen molar-refractivity contribution >= 4 is 32.4 Å². The van der Waals surface area contributed by atoms with Crippen LogP contribution in [0.15, 0.2) is 65.1 Å². The van der Waals surface area contributed by atoms with Gasteiger partial charge >= 0.3 is 0 Å². The second-order valence-corrected chi connectivity index (χ2v) is 5.82. The molecule has 2 N–H and O–H groups in total. The smallest absolute Gasteiger partial charge is 0.135 e. The highest BCUT2D eigenvalue weighted by molar-refractivity contribution is 9.10. The third-order valence-electron chi connectivity index (χ3n) is 3.54. The SMILES string of the molecule is CC(Oc1ccc2ccccc2c1Br)c1ccc(N)cc1. The predicted molar refractivity (Wildman–Crippen MR) is 91.5 cm³/mol. The molecule has 0 aliphatic heterocycles. The van der Waals surface area contributed by atoms with E-state index in [4.69, 9.17) is 10.5 Å². The number of hydrogen-bond donors (Lipinski definition) is 1. The third kappa shape index (κ3) is 2.88. The van der Waals surface area contributed by atoms with Gasteiger partial charge in [-0.25, -0.2) is 0 Å². The molecule has 0 saturated heterocycles. The monoisotopic (exact) mass is 341 g/mol. The minimum absolute atomic E-state index is 0.0388. The lowest BCUT2D eigenvalue weighted by Gasteiger charge is -2.17. The predicted octanol–water partition coefficient (Wildman–Crippen LogP) is 5.32. The number of halogens is 1. The van der Waals surface area contributed by atoms with Crippen molar-refractivity contribution in [2.45, 2.75) is 13.0 Å². The zero-order chi connectivity index (χ0) is 14.8. The molecule has 0 aliphatic rings. The molecule has 0 fully saturated rings. The zero-order valence-corrected chi connectivity index (χ0v) is 13.3. The summed E-state index contributed by atoms with van der Waals surface area (Å²) in [4.78, 5) is 0. The highest BCUT2D eigenvalue weighted by Gasteiger charge is 2.11. The summed E-state index contributed by atoms with van der Waals surface area (Å²) in [7, 11) is 0. The number of nitrogens with two attached hydrogens (primary N) is 1. The third-order valence-corrected chi connectivity index (χ3v) is 4.36. The van der Waals surface area contributed by atoms with Gasteiger partial charge in [0, 0.05) is 5.69 Å². The van der Waals surface area contributed by atoms with Gasteiger partial charge in [-0.2, -0.15) is 0 Å². The molecule has 106 valence electrons. The van der Waals surface area contributed by atoms with Gasteiger partial charge in [-0.3, -0.25) is 0 Å². The number of benzene rings is 3. The fourth-order valence-electron chi connectivity index (χ4n) is 2.33. The van der Waals surface area contributed by atoms with Crippen LogP contribution >= 0.6 is 15.9 Å². The summed E-state index contributed by atoms with van der Waals surface area (Å²) in [5.41, 5.74) is 7.58. The Hall–Kier alpha value is -2.00. The van der Waals surface area contributed by atoms with Gasteiger partial charge in [0.1, 0.15) is 11.9 Å². The molecule has 1 atom stereocenters. The Kier molecular flexibility index (Phi) is 3.84. The first-order valence-corrected chi connectivity index (χ1v) is 7.64. The molecule has 1 unspecified atom stereocenters. The maximum atomic E-state index is 6.09. The van der Waals surface area contributed by atoms with Gasteiger partial charge in [0.05, 0.1) is 4.47 Å². The Morgan fingerprint density at radius 3 is 2.43 bits per heavy atom. The van der Waals surface area contributed by atoms with Gasteiger partial charge in [0.15, 0.2) is 0 Å². The van der Waals surface area contributed by atoms with E-state index in [0.29, 0.717) is 0 Å². The van der Waals surface area contributed by atoms with Crippen LogP contribution in [0.4, 0.5) is 5.69 Å². The van der Waals surface area contributed by atoms with Crippen molar-refractivity contribution in [2.24, 2.45) is 0 Å². The normalized spacial score (nSPS) is 12.3. The van der Waals surface area contributed by atoms with Crippen LogP contribution < -0.4 is 10.5 Å². The summed E-state index contributed by atoms with van der Waals surface area (Å²) in [6.07, 6.45) is -0.0388. The molecular weight excluding hydrogens is 326 g/mol. The number of ether oxygens (including phenoxy) is 1. The maximum Gasteiger partial charge on any atom is 0.135 e. The van der Waals surface area contributed by atoms with Gasteiger partial charge in [-0.05, 0) is 57.4 Å². The van der Waals surface area contributed by atoms with Crippen LogP contribution in [0.3, 0.4) is 0 Å². The first-order chi connectivity index (χ1) is 10.1. The Balaban J connectivity index is 1.91. The zero-order valence-electron chi connectivity index (χ0n) is 11.7. The number of fused-ring (bicyclic) bond motifs is 1. The quantitative estimate of drug-likeness (QED) is 0.654. The molecule has 3 aromatic carbocycles. The number of anilines is 1. The van der Waals surface area contributed by atoms with Crippen LogP contribution in [0.2, 0.25) is 0 Å². The standard InChI is InChI=1S/C18H16BrNO/c1-12(13-6-9-15(20)10-7-13)21-17-11-8-14-4-2-3-5-16(14)18(17)19/h2-12H,20H2,1H3. The largest absolute Gasteiger partial charge is 0.485 e. The Morgan fingerprint density at radius 2 is 1.67 bits per heavy atom. The van der Waals surface area contributed by atoms with Crippen LogP contribution in [0.5, 0.6) is 5.75 Å². The maximum absolute atomic E-state index is 6.09. The summed E-state index contributed by atoms with van der Waals surface area (Å²) in [5.74, 6) is 0.845. The van der Waals surface area contributed by atoms with Crippen molar-refractivity contribution in [3.63, 3.8) is 0 Å². The molecule has 0 heterocycles.